The largest absolute Gasteiger partial charge is 0.353 e. The lowest BCUT2D eigenvalue weighted by Gasteiger charge is -2.23. The van der Waals surface area contributed by atoms with Gasteiger partial charge in [-0.2, -0.15) is 0 Å². The first kappa shape index (κ1) is 15.9. The first-order valence-electron chi connectivity index (χ1n) is 8.69. The third-order valence-corrected chi connectivity index (χ3v) is 4.65. The van der Waals surface area contributed by atoms with E-state index >= 15 is 0 Å². The zero-order valence-electron chi connectivity index (χ0n) is 14.2. The van der Waals surface area contributed by atoms with Gasteiger partial charge in [0, 0.05) is 30.5 Å². The Kier molecular flexibility index (Phi) is 4.85. The molecule has 0 bridgehead atoms. The Bertz CT molecular complexity index is 653. The van der Waals surface area contributed by atoms with E-state index < -0.39 is 0 Å². The van der Waals surface area contributed by atoms with Crippen LogP contribution >= 0.6 is 0 Å². The molecule has 0 atom stereocenters. The molecule has 1 saturated carbocycles. The molecule has 0 radical (unpaired) electrons. The quantitative estimate of drug-likeness (QED) is 0.753. The van der Waals surface area contributed by atoms with Crippen LogP contribution in [0.25, 0.3) is 0 Å². The van der Waals surface area contributed by atoms with Gasteiger partial charge in [-0.25, -0.2) is 0 Å². The van der Waals surface area contributed by atoms with Crippen molar-refractivity contribution in [2.24, 2.45) is 7.05 Å². The van der Waals surface area contributed by atoms with Crippen molar-refractivity contribution in [3.8, 4) is 0 Å². The van der Waals surface area contributed by atoms with Gasteiger partial charge in [0.25, 0.3) is 5.91 Å². The number of rotatable bonds is 7. The maximum atomic E-state index is 12.9. The third-order valence-electron chi connectivity index (χ3n) is 4.65. The molecule has 3 nitrogen and oxygen atoms in total. The molecule has 23 heavy (non-hydrogen) atoms. The van der Waals surface area contributed by atoms with Crippen LogP contribution in [0, 0.1) is 0 Å². The predicted molar refractivity (Wildman–Crippen MR) is 93.4 cm³/mol. The smallest absolute Gasteiger partial charge is 0.254 e. The molecule has 1 aromatic carbocycles. The fourth-order valence-corrected chi connectivity index (χ4v) is 2.95. The lowest BCUT2D eigenvalue weighted by atomic mass is 10.1. The maximum absolute atomic E-state index is 12.9. The molecule has 1 fully saturated rings. The van der Waals surface area contributed by atoms with Crippen molar-refractivity contribution >= 4 is 5.91 Å². The van der Waals surface area contributed by atoms with Crippen LogP contribution < -0.4 is 0 Å². The Hall–Kier alpha value is -2.03. The zero-order valence-corrected chi connectivity index (χ0v) is 14.2. The molecule has 0 spiro atoms. The fourth-order valence-electron chi connectivity index (χ4n) is 2.95. The Balaban J connectivity index is 1.72. The van der Waals surface area contributed by atoms with Crippen LogP contribution in [0.15, 0.2) is 42.6 Å². The van der Waals surface area contributed by atoms with E-state index in [1.165, 1.54) is 24.1 Å². The lowest BCUT2D eigenvalue weighted by Crippen LogP contribution is -2.33. The fraction of sp³-hybridized carbons (Fsp3) is 0.450. The van der Waals surface area contributed by atoms with E-state index in [1.807, 2.05) is 36.3 Å². The number of benzene rings is 1. The summed E-state index contributed by atoms with van der Waals surface area (Å²) >= 11 is 0. The van der Waals surface area contributed by atoms with Crippen LogP contribution in [0.3, 0.4) is 0 Å². The summed E-state index contributed by atoms with van der Waals surface area (Å²) in [7, 11) is 2.04. The summed E-state index contributed by atoms with van der Waals surface area (Å²) in [5.41, 5.74) is 3.32. The van der Waals surface area contributed by atoms with E-state index in [4.69, 9.17) is 0 Å². The Labute approximate surface area is 138 Å². The summed E-state index contributed by atoms with van der Waals surface area (Å²) in [4.78, 5) is 14.9. The number of carbonyl (C=O) groups excluding carboxylic acids is 1. The molecule has 1 aliphatic rings. The number of hydrogen-bond donors (Lipinski definition) is 0. The summed E-state index contributed by atoms with van der Waals surface area (Å²) in [5.74, 6) is 0.163. The normalized spacial score (nSPS) is 14.0. The minimum Gasteiger partial charge on any atom is -0.353 e. The molecule has 1 amide bonds. The standard InChI is InChI=1S/C20H26N2O/c1-3-4-6-16-8-10-17(11-9-16)20(23)22(18-12-13-18)15-19-7-5-14-21(19)2/h5,7-11,14,18H,3-4,6,12-13,15H2,1-2H3. The average molecular weight is 310 g/mol. The van der Waals surface area contributed by atoms with E-state index in [0.717, 1.165) is 24.8 Å². The Morgan fingerprint density at radius 2 is 1.96 bits per heavy atom. The van der Waals surface area contributed by atoms with Crippen LogP contribution in [0.4, 0.5) is 0 Å². The summed E-state index contributed by atoms with van der Waals surface area (Å²) < 4.78 is 2.09. The molecule has 0 unspecified atom stereocenters. The third kappa shape index (κ3) is 3.84. The molecular weight excluding hydrogens is 284 g/mol. The maximum Gasteiger partial charge on any atom is 0.254 e. The van der Waals surface area contributed by atoms with Gasteiger partial charge in [0.05, 0.1) is 6.54 Å². The highest BCUT2D eigenvalue weighted by Crippen LogP contribution is 2.30. The van der Waals surface area contributed by atoms with Gasteiger partial charge >= 0.3 is 0 Å². The van der Waals surface area contributed by atoms with Crippen molar-refractivity contribution in [3.63, 3.8) is 0 Å². The topological polar surface area (TPSA) is 25.2 Å². The van der Waals surface area contributed by atoms with E-state index in [1.54, 1.807) is 0 Å². The summed E-state index contributed by atoms with van der Waals surface area (Å²) in [6.45, 7) is 2.90. The number of amides is 1. The predicted octanol–water partition coefficient (Wildman–Crippen LogP) is 4.17. The van der Waals surface area contributed by atoms with Crippen molar-refractivity contribution < 1.29 is 4.79 Å². The van der Waals surface area contributed by atoms with E-state index in [2.05, 4.69) is 29.7 Å². The molecular formula is C20H26N2O. The molecule has 122 valence electrons. The highest BCUT2D eigenvalue weighted by atomic mass is 16.2. The van der Waals surface area contributed by atoms with Crippen LogP contribution in [-0.2, 0) is 20.0 Å². The second-order valence-corrected chi connectivity index (χ2v) is 6.58. The number of aryl methyl sites for hydroxylation is 2. The Morgan fingerprint density at radius 1 is 1.22 bits per heavy atom. The second kappa shape index (κ2) is 7.03. The highest BCUT2D eigenvalue weighted by Gasteiger charge is 2.33. The van der Waals surface area contributed by atoms with Gasteiger partial charge in [-0.1, -0.05) is 25.5 Å². The minimum absolute atomic E-state index is 0.163. The van der Waals surface area contributed by atoms with Gasteiger partial charge in [-0.05, 0) is 55.5 Å². The van der Waals surface area contributed by atoms with Gasteiger partial charge in [0.15, 0.2) is 0 Å². The van der Waals surface area contributed by atoms with E-state index in [-0.39, 0.29) is 5.91 Å². The van der Waals surface area contributed by atoms with Crippen molar-refractivity contribution in [2.45, 2.75) is 51.6 Å². The second-order valence-electron chi connectivity index (χ2n) is 6.58. The van der Waals surface area contributed by atoms with Crippen molar-refractivity contribution in [3.05, 3.63) is 59.4 Å². The lowest BCUT2D eigenvalue weighted by molar-refractivity contribution is 0.0726. The highest BCUT2D eigenvalue weighted by molar-refractivity contribution is 5.94. The van der Waals surface area contributed by atoms with Gasteiger partial charge in [0.1, 0.15) is 0 Å². The number of carbonyl (C=O) groups is 1. The monoisotopic (exact) mass is 310 g/mol. The molecule has 0 aliphatic heterocycles. The summed E-state index contributed by atoms with van der Waals surface area (Å²) in [5, 5.41) is 0. The number of nitrogens with zero attached hydrogens (tertiary/aromatic N) is 2. The van der Waals surface area contributed by atoms with E-state index in [0.29, 0.717) is 12.6 Å². The molecule has 2 aromatic rings. The van der Waals surface area contributed by atoms with Crippen LogP contribution in [0.1, 0.15) is 54.2 Å². The van der Waals surface area contributed by atoms with Gasteiger partial charge in [-0.3, -0.25) is 4.79 Å². The van der Waals surface area contributed by atoms with Gasteiger partial charge in [-0.15, -0.1) is 0 Å². The van der Waals surface area contributed by atoms with Crippen molar-refractivity contribution in [1.29, 1.82) is 0 Å². The number of aromatic nitrogens is 1. The summed E-state index contributed by atoms with van der Waals surface area (Å²) in [6.07, 6.45) is 7.80. The van der Waals surface area contributed by atoms with Crippen molar-refractivity contribution in [1.82, 2.24) is 9.47 Å². The molecule has 3 heteroatoms. The Morgan fingerprint density at radius 3 is 2.52 bits per heavy atom. The van der Waals surface area contributed by atoms with Gasteiger partial charge < -0.3 is 9.47 Å². The zero-order chi connectivity index (χ0) is 16.2. The molecule has 1 heterocycles. The van der Waals surface area contributed by atoms with Crippen molar-refractivity contribution in [2.75, 3.05) is 0 Å². The molecule has 1 aromatic heterocycles. The van der Waals surface area contributed by atoms with Crippen LogP contribution in [0.5, 0.6) is 0 Å². The van der Waals surface area contributed by atoms with Gasteiger partial charge in [0.2, 0.25) is 0 Å². The molecule has 0 saturated heterocycles. The first-order valence-corrected chi connectivity index (χ1v) is 8.69. The summed E-state index contributed by atoms with van der Waals surface area (Å²) in [6, 6.07) is 12.7. The number of hydrogen-bond acceptors (Lipinski definition) is 1. The molecule has 0 N–H and O–H groups in total. The SMILES string of the molecule is CCCCc1ccc(C(=O)N(Cc2cccn2C)C2CC2)cc1. The average Bonchev–Trinajstić information content (AvgIpc) is 3.33. The molecule has 3 rings (SSSR count). The van der Waals surface area contributed by atoms with E-state index in [9.17, 15) is 4.79 Å². The molecule has 1 aliphatic carbocycles. The minimum atomic E-state index is 0.163. The van der Waals surface area contributed by atoms with Crippen LogP contribution in [0.2, 0.25) is 0 Å². The number of unbranched alkanes of at least 4 members (excludes halogenated alkanes) is 1. The van der Waals surface area contributed by atoms with Crippen LogP contribution in [-0.4, -0.2) is 21.4 Å². The first-order chi connectivity index (χ1) is 11.2.